The van der Waals surface area contributed by atoms with Gasteiger partial charge < -0.3 is 18.9 Å². The first-order valence-electron chi connectivity index (χ1n) is 11.7. The van der Waals surface area contributed by atoms with E-state index in [4.69, 9.17) is 18.9 Å². The van der Waals surface area contributed by atoms with E-state index in [1.807, 2.05) is 0 Å². The van der Waals surface area contributed by atoms with Gasteiger partial charge in [0, 0.05) is 6.92 Å². The van der Waals surface area contributed by atoms with Gasteiger partial charge in [-0.2, -0.15) is 0 Å². The van der Waals surface area contributed by atoms with Gasteiger partial charge in [-0.05, 0) is 77.0 Å². The first kappa shape index (κ1) is 23.5. The third-order valence-corrected chi connectivity index (χ3v) is 6.35. The van der Waals surface area contributed by atoms with Crippen LogP contribution in [0.4, 0.5) is 0 Å². The number of hydrogen-bond acceptors (Lipinski definition) is 8. The van der Waals surface area contributed by atoms with Crippen LogP contribution in [-0.4, -0.2) is 47.8 Å². The number of esters is 4. The molecule has 0 heterocycles. The lowest BCUT2D eigenvalue weighted by Gasteiger charge is -2.31. The molecule has 0 radical (unpaired) electrons. The van der Waals surface area contributed by atoms with Crippen molar-refractivity contribution in [2.45, 2.75) is 121 Å². The second kappa shape index (κ2) is 11.0. The van der Waals surface area contributed by atoms with Gasteiger partial charge in [0.25, 0.3) is 0 Å². The van der Waals surface area contributed by atoms with Gasteiger partial charge in [0.05, 0.1) is 12.8 Å². The van der Waals surface area contributed by atoms with Crippen LogP contribution >= 0.6 is 0 Å². The Morgan fingerprint density at radius 1 is 0.645 bits per heavy atom. The molecule has 31 heavy (non-hydrogen) atoms. The number of rotatable bonds is 9. The molecule has 3 rings (SSSR count). The smallest absolute Gasteiger partial charge is 0.352 e. The maximum absolute atomic E-state index is 13.2. The highest BCUT2D eigenvalue weighted by atomic mass is 16.6. The summed E-state index contributed by atoms with van der Waals surface area (Å²) in [6.07, 6.45) is 8.42. The van der Waals surface area contributed by atoms with Crippen LogP contribution in [0.2, 0.25) is 0 Å². The molecule has 0 amide bonds. The van der Waals surface area contributed by atoms with Gasteiger partial charge in [0.1, 0.15) is 18.3 Å². The van der Waals surface area contributed by atoms with Crippen molar-refractivity contribution in [2.75, 3.05) is 0 Å². The highest BCUT2D eigenvalue weighted by Gasteiger charge is 2.50. The third kappa shape index (κ3) is 6.94. The van der Waals surface area contributed by atoms with Crippen LogP contribution in [-0.2, 0) is 38.1 Å². The standard InChI is InChI=1S/C23H34O8/c1-16(24)31-23(22(27)30-19-12-6-7-13-19,14-20(25)28-17-8-2-3-9-17)15-21(26)29-18-10-4-5-11-18/h17-19H,2-15H2,1H3. The minimum Gasteiger partial charge on any atom is -0.462 e. The van der Waals surface area contributed by atoms with E-state index in [1.54, 1.807) is 0 Å². The summed E-state index contributed by atoms with van der Waals surface area (Å²) in [4.78, 5) is 50.5. The lowest BCUT2D eigenvalue weighted by Crippen LogP contribution is -2.49. The zero-order valence-corrected chi connectivity index (χ0v) is 18.4. The second-order valence-corrected chi connectivity index (χ2v) is 9.05. The Hall–Kier alpha value is -2.12. The average molecular weight is 439 g/mol. The Labute approximate surface area is 183 Å². The van der Waals surface area contributed by atoms with Gasteiger partial charge in [0.2, 0.25) is 5.60 Å². The van der Waals surface area contributed by atoms with Crippen molar-refractivity contribution in [3.8, 4) is 0 Å². The minimum atomic E-state index is -2.07. The normalized spacial score (nSPS) is 20.5. The van der Waals surface area contributed by atoms with Crippen LogP contribution in [0.15, 0.2) is 0 Å². The third-order valence-electron chi connectivity index (χ3n) is 6.35. The molecule has 3 fully saturated rings. The van der Waals surface area contributed by atoms with Crippen LogP contribution in [0.5, 0.6) is 0 Å². The molecule has 3 saturated carbocycles. The quantitative estimate of drug-likeness (QED) is 0.398. The van der Waals surface area contributed by atoms with E-state index in [-0.39, 0.29) is 18.3 Å². The molecule has 3 aliphatic carbocycles. The lowest BCUT2D eigenvalue weighted by atomic mass is 9.94. The SMILES string of the molecule is CC(=O)OC(CC(=O)OC1CCCC1)(CC(=O)OC1CCCC1)C(=O)OC1CCCC1. The van der Waals surface area contributed by atoms with E-state index < -0.39 is 42.3 Å². The van der Waals surface area contributed by atoms with Crippen LogP contribution in [0, 0.1) is 0 Å². The molecule has 0 N–H and O–H groups in total. The topological polar surface area (TPSA) is 105 Å². The predicted octanol–water partition coefficient (Wildman–Crippen LogP) is 3.53. The highest BCUT2D eigenvalue weighted by Crippen LogP contribution is 2.31. The monoisotopic (exact) mass is 438 g/mol. The van der Waals surface area contributed by atoms with E-state index >= 15 is 0 Å². The molecule has 0 aromatic heterocycles. The van der Waals surface area contributed by atoms with Gasteiger partial charge >= 0.3 is 23.9 Å². The summed E-state index contributed by atoms with van der Waals surface area (Å²) in [5, 5.41) is 0. The zero-order valence-electron chi connectivity index (χ0n) is 18.4. The molecule has 0 aromatic carbocycles. The molecular weight excluding hydrogens is 404 g/mol. The van der Waals surface area contributed by atoms with Gasteiger partial charge in [-0.3, -0.25) is 14.4 Å². The molecule has 174 valence electrons. The summed E-state index contributed by atoms with van der Waals surface area (Å²) in [6, 6.07) is 0. The van der Waals surface area contributed by atoms with Gasteiger partial charge in [-0.25, -0.2) is 4.79 Å². The number of carbonyl (C=O) groups is 4. The largest absolute Gasteiger partial charge is 0.462 e. The fourth-order valence-corrected chi connectivity index (χ4v) is 4.79. The Morgan fingerprint density at radius 2 is 1.00 bits per heavy atom. The Morgan fingerprint density at radius 3 is 1.35 bits per heavy atom. The van der Waals surface area contributed by atoms with Crippen molar-refractivity contribution in [1.29, 1.82) is 0 Å². The summed E-state index contributed by atoms with van der Waals surface area (Å²) in [5.74, 6) is -3.00. The maximum Gasteiger partial charge on any atom is 0.352 e. The van der Waals surface area contributed by atoms with Crippen molar-refractivity contribution in [3.63, 3.8) is 0 Å². The molecule has 8 nitrogen and oxygen atoms in total. The van der Waals surface area contributed by atoms with E-state index in [2.05, 4.69) is 0 Å². The first-order valence-corrected chi connectivity index (χ1v) is 11.7. The van der Waals surface area contributed by atoms with Gasteiger partial charge in [0.15, 0.2) is 0 Å². The Balaban J connectivity index is 1.75. The van der Waals surface area contributed by atoms with Gasteiger partial charge in [-0.15, -0.1) is 0 Å². The molecule has 0 aliphatic heterocycles. The second-order valence-electron chi connectivity index (χ2n) is 9.05. The van der Waals surface area contributed by atoms with Crippen molar-refractivity contribution >= 4 is 23.9 Å². The van der Waals surface area contributed by atoms with Crippen molar-refractivity contribution in [3.05, 3.63) is 0 Å². The average Bonchev–Trinajstić information content (AvgIpc) is 3.44. The summed E-state index contributed by atoms with van der Waals surface area (Å²) in [6.45, 7) is 1.14. The van der Waals surface area contributed by atoms with Crippen molar-refractivity contribution < 1.29 is 38.1 Å². The molecule has 3 aliphatic rings. The molecule has 8 heteroatoms. The van der Waals surface area contributed by atoms with E-state index in [0.29, 0.717) is 12.8 Å². The summed E-state index contributed by atoms with van der Waals surface area (Å²) in [5.41, 5.74) is -2.07. The Kier molecular flexibility index (Phi) is 8.32. The fourth-order valence-electron chi connectivity index (χ4n) is 4.79. The van der Waals surface area contributed by atoms with Crippen LogP contribution in [0.25, 0.3) is 0 Å². The van der Waals surface area contributed by atoms with Gasteiger partial charge in [-0.1, -0.05) is 0 Å². The van der Waals surface area contributed by atoms with Crippen LogP contribution in [0.1, 0.15) is 96.8 Å². The molecule has 0 spiro atoms. The molecule has 0 atom stereocenters. The van der Waals surface area contributed by atoms with Crippen LogP contribution < -0.4 is 0 Å². The summed E-state index contributed by atoms with van der Waals surface area (Å²) in [7, 11) is 0. The predicted molar refractivity (Wildman–Crippen MR) is 109 cm³/mol. The molecule has 0 aromatic rings. The minimum absolute atomic E-state index is 0.209. The first-order chi connectivity index (χ1) is 14.9. The number of ether oxygens (including phenoxy) is 4. The van der Waals surface area contributed by atoms with E-state index in [9.17, 15) is 19.2 Å². The molecule has 0 unspecified atom stereocenters. The molecule has 0 bridgehead atoms. The maximum atomic E-state index is 13.2. The number of carbonyl (C=O) groups excluding carboxylic acids is 4. The van der Waals surface area contributed by atoms with Crippen LogP contribution in [0.3, 0.4) is 0 Å². The zero-order chi connectivity index (χ0) is 22.3. The molecule has 0 saturated heterocycles. The highest BCUT2D eigenvalue weighted by molar-refractivity contribution is 5.92. The Bertz CT molecular complexity index is 622. The van der Waals surface area contributed by atoms with E-state index in [1.165, 1.54) is 0 Å². The summed E-state index contributed by atoms with van der Waals surface area (Å²) < 4.78 is 21.9. The van der Waals surface area contributed by atoms with Crippen molar-refractivity contribution in [2.24, 2.45) is 0 Å². The van der Waals surface area contributed by atoms with E-state index in [0.717, 1.165) is 71.1 Å². The van der Waals surface area contributed by atoms with Crippen molar-refractivity contribution in [1.82, 2.24) is 0 Å². The summed E-state index contributed by atoms with van der Waals surface area (Å²) >= 11 is 0. The lowest BCUT2D eigenvalue weighted by molar-refractivity contribution is -0.194. The number of hydrogen-bond donors (Lipinski definition) is 0. The fraction of sp³-hybridized carbons (Fsp3) is 0.826. The molecular formula is C23H34O8.